The van der Waals surface area contributed by atoms with E-state index < -0.39 is 12.1 Å². The van der Waals surface area contributed by atoms with Crippen LogP contribution in [-0.4, -0.2) is 23.5 Å². The van der Waals surface area contributed by atoms with Crippen molar-refractivity contribution in [3.63, 3.8) is 0 Å². The Morgan fingerprint density at radius 1 is 0.897 bits per heavy atom. The van der Waals surface area contributed by atoms with Gasteiger partial charge in [-0.05, 0) is 58.9 Å². The van der Waals surface area contributed by atoms with Crippen molar-refractivity contribution in [1.29, 1.82) is 0 Å². The lowest BCUT2D eigenvalue weighted by molar-refractivity contribution is -0.185. The molecular formula is C24H32F3NO. The molecule has 0 N–H and O–H groups in total. The second kappa shape index (κ2) is 12.3. The maximum absolute atomic E-state index is 12.9. The lowest BCUT2D eigenvalue weighted by Crippen LogP contribution is -2.40. The van der Waals surface area contributed by atoms with Crippen LogP contribution in [0, 0.1) is 0 Å². The van der Waals surface area contributed by atoms with E-state index in [1.807, 2.05) is 6.92 Å². The highest BCUT2D eigenvalue weighted by atomic mass is 19.4. The van der Waals surface area contributed by atoms with Crippen molar-refractivity contribution in [3.05, 3.63) is 70.8 Å². The Balaban J connectivity index is 2.65. The SMILES string of the molecule is CC(C)=CCC/C(C)=C/CC/C(C)=C/CN(Cc1ccccc1)C(=O)C(F)(F)F. The van der Waals surface area contributed by atoms with Gasteiger partial charge in [-0.3, -0.25) is 4.79 Å². The number of nitrogens with zero attached hydrogens (tertiary/aromatic N) is 1. The van der Waals surface area contributed by atoms with Crippen LogP contribution in [-0.2, 0) is 11.3 Å². The third-order valence-corrected chi connectivity index (χ3v) is 4.53. The number of carbonyl (C=O) groups is 1. The van der Waals surface area contributed by atoms with E-state index in [4.69, 9.17) is 0 Å². The molecular weight excluding hydrogens is 375 g/mol. The molecule has 0 spiro atoms. The highest BCUT2D eigenvalue weighted by Crippen LogP contribution is 2.20. The molecule has 0 bridgehead atoms. The highest BCUT2D eigenvalue weighted by Gasteiger charge is 2.42. The minimum Gasteiger partial charge on any atom is -0.327 e. The number of allylic oxidation sites excluding steroid dienone is 5. The second-order valence-electron chi connectivity index (χ2n) is 7.63. The first kappa shape index (κ1) is 24.7. The summed E-state index contributed by atoms with van der Waals surface area (Å²) in [5.74, 6) is -1.81. The molecule has 1 amide bonds. The molecule has 1 rings (SSSR count). The number of amides is 1. The first-order chi connectivity index (χ1) is 13.6. The number of carbonyl (C=O) groups excluding carboxylic acids is 1. The van der Waals surface area contributed by atoms with Crippen molar-refractivity contribution >= 4 is 5.91 Å². The van der Waals surface area contributed by atoms with Crippen LogP contribution in [0.2, 0.25) is 0 Å². The smallest absolute Gasteiger partial charge is 0.327 e. The van der Waals surface area contributed by atoms with Crippen LogP contribution in [0.5, 0.6) is 0 Å². The highest BCUT2D eigenvalue weighted by molar-refractivity contribution is 5.82. The third-order valence-electron chi connectivity index (χ3n) is 4.53. The summed E-state index contributed by atoms with van der Waals surface area (Å²) in [6.45, 7) is 8.04. The minimum atomic E-state index is -4.87. The van der Waals surface area contributed by atoms with E-state index in [2.05, 4.69) is 32.9 Å². The van der Waals surface area contributed by atoms with Gasteiger partial charge in [-0.25, -0.2) is 0 Å². The van der Waals surface area contributed by atoms with Crippen molar-refractivity contribution in [2.75, 3.05) is 6.54 Å². The van der Waals surface area contributed by atoms with Gasteiger partial charge in [-0.15, -0.1) is 0 Å². The predicted octanol–water partition coefficient (Wildman–Crippen LogP) is 7.00. The van der Waals surface area contributed by atoms with Gasteiger partial charge < -0.3 is 4.90 Å². The van der Waals surface area contributed by atoms with Crippen molar-refractivity contribution in [1.82, 2.24) is 4.90 Å². The fourth-order valence-corrected chi connectivity index (χ4v) is 2.81. The zero-order valence-electron chi connectivity index (χ0n) is 17.9. The van der Waals surface area contributed by atoms with Gasteiger partial charge in [0.05, 0.1) is 0 Å². The molecule has 0 radical (unpaired) electrons. The Kier molecular flexibility index (Phi) is 10.5. The zero-order valence-corrected chi connectivity index (χ0v) is 17.9. The minimum absolute atomic E-state index is 0.0532. The predicted molar refractivity (Wildman–Crippen MR) is 113 cm³/mol. The Morgan fingerprint density at radius 3 is 2.00 bits per heavy atom. The van der Waals surface area contributed by atoms with E-state index in [0.717, 1.165) is 36.2 Å². The molecule has 0 aliphatic rings. The number of benzene rings is 1. The van der Waals surface area contributed by atoms with E-state index in [9.17, 15) is 18.0 Å². The van der Waals surface area contributed by atoms with Crippen LogP contribution < -0.4 is 0 Å². The number of hydrogen-bond donors (Lipinski definition) is 0. The molecule has 2 nitrogen and oxygen atoms in total. The molecule has 29 heavy (non-hydrogen) atoms. The molecule has 160 valence electrons. The Bertz CT molecular complexity index is 726. The van der Waals surface area contributed by atoms with E-state index in [1.165, 1.54) is 11.1 Å². The molecule has 0 aliphatic carbocycles. The fourth-order valence-electron chi connectivity index (χ4n) is 2.81. The summed E-state index contributed by atoms with van der Waals surface area (Å²) in [4.78, 5) is 12.6. The molecule has 0 heterocycles. The maximum Gasteiger partial charge on any atom is 0.471 e. The largest absolute Gasteiger partial charge is 0.471 e. The lowest BCUT2D eigenvalue weighted by Gasteiger charge is -2.23. The summed E-state index contributed by atoms with van der Waals surface area (Å²) in [6, 6.07) is 8.72. The van der Waals surface area contributed by atoms with Crippen molar-refractivity contribution < 1.29 is 18.0 Å². The van der Waals surface area contributed by atoms with Gasteiger partial charge in [0.25, 0.3) is 0 Å². The van der Waals surface area contributed by atoms with E-state index >= 15 is 0 Å². The monoisotopic (exact) mass is 407 g/mol. The van der Waals surface area contributed by atoms with Crippen LogP contribution in [0.25, 0.3) is 0 Å². The summed E-state index contributed by atoms with van der Waals surface area (Å²) in [5, 5.41) is 0. The number of alkyl halides is 3. The molecule has 0 saturated carbocycles. The Labute approximate surface area is 172 Å². The molecule has 0 fully saturated rings. The van der Waals surface area contributed by atoms with Crippen LogP contribution in [0.1, 0.15) is 58.9 Å². The van der Waals surface area contributed by atoms with Crippen molar-refractivity contribution in [3.8, 4) is 0 Å². The van der Waals surface area contributed by atoms with E-state index in [-0.39, 0.29) is 13.1 Å². The van der Waals surface area contributed by atoms with Gasteiger partial charge in [0.2, 0.25) is 0 Å². The molecule has 0 atom stereocenters. The van der Waals surface area contributed by atoms with Crippen LogP contribution in [0.15, 0.2) is 65.3 Å². The van der Waals surface area contributed by atoms with Crippen LogP contribution in [0.3, 0.4) is 0 Å². The summed E-state index contributed by atoms with van der Waals surface area (Å²) in [6.07, 6.45) is 4.88. The molecule has 1 aromatic carbocycles. The van der Waals surface area contributed by atoms with Crippen LogP contribution >= 0.6 is 0 Å². The van der Waals surface area contributed by atoms with Gasteiger partial charge in [0, 0.05) is 13.1 Å². The molecule has 0 saturated heterocycles. The third kappa shape index (κ3) is 10.7. The van der Waals surface area contributed by atoms with Gasteiger partial charge in [0.1, 0.15) is 0 Å². The quantitative estimate of drug-likeness (QED) is 0.383. The Morgan fingerprint density at radius 2 is 1.45 bits per heavy atom. The second-order valence-corrected chi connectivity index (χ2v) is 7.63. The van der Waals surface area contributed by atoms with Gasteiger partial charge >= 0.3 is 12.1 Å². The Hall–Kier alpha value is -2.30. The summed E-state index contributed by atoms with van der Waals surface area (Å²) >= 11 is 0. The number of hydrogen-bond acceptors (Lipinski definition) is 1. The normalized spacial score (nSPS) is 12.7. The average Bonchev–Trinajstić information content (AvgIpc) is 2.64. The average molecular weight is 408 g/mol. The van der Waals surface area contributed by atoms with Crippen molar-refractivity contribution in [2.45, 2.75) is 66.1 Å². The van der Waals surface area contributed by atoms with Gasteiger partial charge in [-0.2, -0.15) is 13.2 Å². The fraction of sp³-hybridized carbons (Fsp3) is 0.458. The topological polar surface area (TPSA) is 20.3 Å². The summed E-state index contributed by atoms with van der Waals surface area (Å²) < 4.78 is 38.8. The summed E-state index contributed by atoms with van der Waals surface area (Å²) in [5.41, 5.74) is 4.27. The standard InChI is InChI=1S/C24H32F3NO/c1-19(2)10-8-11-20(3)12-9-13-21(4)16-17-28(23(29)24(25,26)27)18-22-14-6-5-7-15-22/h5-7,10,12,14-16H,8-9,11,13,17-18H2,1-4H3/b20-12+,21-16+. The molecule has 5 heteroatoms. The molecule has 0 aromatic heterocycles. The molecule has 0 aliphatic heterocycles. The maximum atomic E-state index is 12.9. The molecule has 1 aromatic rings. The number of rotatable bonds is 10. The number of halogens is 3. The first-order valence-corrected chi connectivity index (χ1v) is 9.94. The zero-order chi connectivity index (χ0) is 21.9. The van der Waals surface area contributed by atoms with E-state index in [0.29, 0.717) is 5.56 Å². The molecule has 0 unspecified atom stereocenters. The van der Waals surface area contributed by atoms with Gasteiger partial charge in [0.15, 0.2) is 0 Å². The van der Waals surface area contributed by atoms with Crippen molar-refractivity contribution in [2.24, 2.45) is 0 Å². The first-order valence-electron chi connectivity index (χ1n) is 9.94. The van der Waals surface area contributed by atoms with E-state index in [1.54, 1.807) is 36.4 Å². The van der Waals surface area contributed by atoms with Crippen LogP contribution in [0.4, 0.5) is 13.2 Å². The lowest BCUT2D eigenvalue weighted by atomic mass is 10.1. The van der Waals surface area contributed by atoms with Gasteiger partial charge in [-0.1, -0.05) is 65.3 Å². The summed E-state index contributed by atoms with van der Waals surface area (Å²) in [7, 11) is 0.